The van der Waals surface area contributed by atoms with E-state index in [4.69, 9.17) is 14.2 Å². The van der Waals surface area contributed by atoms with Gasteiger partial charge in [-0.05, 0) is 32.1 Å². The summed E-state index contributed by atoms with van der Waals surface area (Å²) in [5.74, 6) is -0.203. The molecule has 0 aromatic rings. The van der Waals surface area contributed by atoms with Gasteiger partial charge in [-0.1, -0.05) is 78.1 Å². The lowest BCUT2D eigenvalue weighted by Crippen LogP contribution is -2.23. The molecule has 178 valence electrons. The van der Waals surface area contributed by atoms with Crippen LogP contribution < -0.4 is 0 Å². The Balaban J connectivity index is 3.48. The lowest BCUT2D eigenvalue weighted by molar-refractivity contribution is -0.151. The van der Waals surface area contributed by atoms with E-state index >= 15 is 0 Å². The molecular weight excluding hydrogens is 380 g/mol. The average molecular weight is 429 g/mol. The molecule has 0 saturated heterocycles. The predicted molar refractivity (Wildman–Crippen MR) is 122 cm³/mol. The van der Waals surface area contributed by atoms with E-state index in [9.17, 15) is 9.59 Å². The van der Waals surface area contributed by atoms with Gasteiger partial charge in [0.25, 0.3) is 0 Å². The largest absolute Gasteiger partial charge is 0.466 e. The maximum absolute atomic E-state index is 11.9. The van der Waals surface area contributed by atoms with Gasteiger partial charge in [-0.25, -0.2) is 0 Å². The number of esters is 2. The van der Waals surface area contributed by atoms with Gasteiger partial charge in [0.05, 0.1) is 6.61 Å². The van der Waals surface area contributed by atoms with Gasteiger partial charge < -0.3 is 14.2 Å². The molecule has 0 aliphatic carbocycles. The molecule has 5 nitrogen and oxygen atoms in total. The first kappa shape index (κ1) is 28.9. The zero-order valence-corrected chi connectivity index (χ0v) is 20.2. The van der Waals surface area contributed by atoms with Gasteiger partial charge in [0, 0.05) is 26.6 Å². The first-order valence-electron chi connectivity index (χ1n) is 12.3. The second kappa shape index (κ2) is 21.1. The van der Waals surface area contributed by atoms with Crippen LogP contribution in [0.4, 0.5) is 0 Å². The van der Waals surface area contributed by atoms with Gasteiger partial charge in [-0.3, -0.25) is 9.59 Å². The van der Waals surface area contributed by atoms with Gasteiger partial charge in [-0.2, -0.15) is 0 Å². The minimum absolute atomic E-state index is 0.138. The van der Waals surface area contributed by atoms with Crippen molar-refractivity contribution < 1.29 is 23.8 Å². The van der Waals surface area contributed by atoms with Crippen molar-refractivity contribution in [3.63, 3.8) is 0 Å². The predicted octanol–water partition coefficient (Wildman–Crippen LogP) is 6.62. The molecule has 0 aromatic carbocycles. The molecule has 0 radical (unpaired) electrons. The van der Waals surface area contributed by atoms with Crippen LogP contribution in [0, 0.1) is 5.92 Å². The van der Waals surface area contributed by atoms with Crippen molar-refractivity contribution in [3.05, 3.63) is 0 Å². The Morgan fingerprint density at radius 2 is 1.23 bits per heavy atom. The number of hydrogen-bond acceptors (Lipinski definition) is 5. The summed E-state index contributed by atoms with van der Waals surface area (Å²) in [6.45, 7) is 7.35. The summed E-state index contributed by atoms with van der Waals surface area (Å²) in [6.07, 6.45) is 15.8. The van der Waals surface area contributed by atoms with Crippen molar-refractivity contribution in [2.45, 2.75) is 123 Å². The third-order valence-corrected chi connectivity index (χ3v) is 5.67. The van der Waals surface area contributed by atoms with Gasteiger partial charge in [0.15, 0.2) is 0 Å². The molecule has 0 rings (SSSR count). The Bertz CT molecular complexity index is 410. The molecule has 0 heterocycles. The normalized spacial score (nSPS) is 13.1. The molecule has 0 spiro atoms. The van der Waals surface area contributed by atoms with Gasteiger partial charge in [0.1, 0.15) is 6.10 Å². The lowest BCUT2D eigenvalue weighted by Gasteiger charge is -2.20. The summed E-state index contributed by atoms with van der Waals surface area (Å²) in [5, 5.41) is 0. The van der Waals surface area contributed by atoms with Crippen molar-refractivity contribution in [1.29, 1.82) is 0 Å². The zero-order chi connectivity index (χ0) is 22.5. The fraction of sp³-hybridized carbons (Fsp3) is 0.920. The Labute approximate surface area is 185 Å². The molecule has 0 N–H and O–H groups in total. The van der Waals surface area contributed by atoms with Gasteiger partial charge in [-0.15, -0.1) is 0 Å². The highest BCUT2D eigenvalue weighted by atomic mass is 16.5. The highest BCUT2D eigenvalue weighted by Crippen LogP contribution is 2.14. The SMILES string of the molecule is CCCCCCCCCCCCCOC(=O)CCCC(=O)OC(C)C(C)CCOC. The van der Waals surface area contributed by atoms with E-state index in [1.165, 1.54) is 57.8 Å². The third kappa shape index (κ3) is 18.9. The van der Waals surface area contributed by atoms with Crippen LogP contribution in [0.15, 0.2) is 0 Å². The number of methoxy groups -OCH3 is 1. The fourth-order valence-corrected chi connectivity index (χ4v) is 3.32. The summed E-state index contributed by atoms with van der Waals surface area (Å²) in [5.41, 5.74) is 0. The molecule has 2 unspecified atom stereocenters. The molecule has 0 amide bonds. The standard InChI is InChI=1S/C25H48O5/c1-5-6-7-8-9-10-11-12-13-14-15-20-29-24(26)17-16-18-25(27)30-23(3)22(2)19-21-28-4/h22-23H,5-21H2,1-4H3. The zero-order valence-electron chi connectivity index (χ0n) is 20.2. The maximum Gasteiger partial charge on any atom is 0.306 e. The second-order valence-corrected chi connectivity index (χ2v) is 8.56. The number of hydrogen-bond donors (Lipinski definition) is 0. The molecule has 30 heavy (non-hydrogen) atoms. The van der Waals surface area contributed by atoms with Crippen molar-refractivity contribution in [2.24, 2.45) is 5.92 Å². The topological polar surface area (TPSA) is 61.8 Å². The molecule has 0 saturated carbocycles. The summed E-state index contributed by atoms with van der Waals surface area (Å²) in [7, 11) is 1.67. The quantitative estimate of drug-likeness (QED) is 0.152. The lowest BCUT2D eigenvalue weighted by atomic mass is 10.0. The van der Waals surface area contributed by atoms with Crippen molar-refractivity contribution >= 4 is 11.9 Å². The molecule has 0 bridgehead atoms. The summed E-state index contributed by atoms with van der Waals surface area (Å²) >= 11 is 0. The molecule has 2 atom stereocenters. The molecule has 0 aliphatic rings. The smallest absolute Gasteiger partial charge is 0.306 e. The number of unbranched alkanes of at least 4 members (excludes halogenated alkanes) is 10. The molecule has 5 heteroatoms. The molecular formula is C25H48O5. The van der Waals surface area contributed by atoms with Crippen LogP contribution in [0.3, 0.4) is 0 Å². The minimum atomic E-state index is -0.245. The van der Waals surface area contributed by atoms with Crippen LogP contribution in [0.5, 0.6) is 0 Å². The van der Waals surface area contributed by atoms with E-state index in [0.717, 1.165) is 19.3 Å². The van der Waals surface area contributed by atoms with Crippen molar-refractivity contribution in [1.82, 2.24) is 0 Å². The summed E-state index contributed by atoms with van der Waals surface area (Å²) < 4.78 is 15.7. The first-order valence-corrected chi connectivity index (χ1v) is 12.3. The van der Waals surface area contributed by atoms with E-state index in [2.05, 4.69) is 6.92 Å². The van der Waals surface area contributed by atoms with Crippen molar-refractivity contribution in [3.8, 4) is 0 Å². The van der Waals surface area contributed by atoms with E-state index in [1.807, 2.05) is 13.8 Å². The Hall–Kier alpha value is -1.10. The van der Waals surface area contributed by atoms with E-state index < -0.39 is 0 Å². The maximum atomic E-state index is 11.9. The Morgan fingerprint density at radius 3 is 1.80 bits per heavy atom. The molecule has 0 aliphatic heterocycles. The fourth-order valence-electron chi connectivity index (χ4n) is 3.32. The van der Waals surface area contributed by atoms with Crippen LogP contribution in [0.1, 0.15) is 117 Å². The van der Waals surface area contributed by atoms with Gasteiger partial charge >= 0.3 is 11.9 Å². The van der Waals surface area contributed by atoms with Crippen LogP contribution in [-0.2, 0) is 23.8 Å². The van der Waals surface area contributed by atoms with Crippen LogP contribution in [-0.4, -0.2) is 38.4 Å². The molecule has 0 fully saturated rings. The Morgan fingerprint density at radius 1 is 0.700 bits per heavy atom. The highest BCUT2D eigenvalue weighted by Gasteiger charge is 2.17. The minimum Gasteiger partial charge on any atom is -0.466 e. The first-order chi connectivity index (χ1) is 14.5. The number of carbonyl (C=O) groups is 2. The van der Waals surface area contributed by atoms with E-state index in [0.29, 0.717) is 19.6 Å². The van der Waals surface area contributed by atoms with Crippen LogP contribution in [0.25, 0.3) is 0 Å². The average Bonchev–Trinajstić information content (AvgIpc) is 2.72. The summed E-state index contributed by atoms with van der Waals surface area (Å²) in [4.78, 5) is 23.6. The van der Waals surface area contributed by atoms with Crippen LogP contribution in [0.2, 0.25) is 0 Å². The molecule has 0 aromatic heterocycles. The number of carbonyl (C=O) groups excluding carboxylic acids is 2. The van der Waals surface area contributed by atoms with Crippen molar-refractivity contribution in [2.75, 3.05) is 20.3 Å². The van der Waals surface area contributed by atoms with E-state index in [-0.39, 0.29) is 36.8 Å². The van der Waals surface area contributed by atoms with Crippen LogP contribution >= 0.6 is 0 Å². The summed E-state index contributed by atoms with van der Waals surface area (Å²) in [6, 6.07) is 0. The van der Waals surface area contributed by atoms with E-state index in [1.54, 1.807) is 7.11 Å². The Kier molecular flexibility index (Phi) is 20.4. The second-order valence-electron chi connectivity index (χ2n) is 8.56. The van der Waals surface area contributed by atoms with Gasteiger partial charge in [0.2, 0.25) is 0 Å². The third-order valence-electron chi connectivity index (χ3n) is 5.67. The highest BCUT2D eigenvalue weighted by molar-refractivity contribution is 5.72. The monoisotopic (exact) mass is 428 g/mol. The number of rotatable bonds is 21. The number of ether oxygens (including phenoxy) is 3.